The second-order valence-electron chi connectivity index (χ2n) is 7.48. The summed E-state index contributed by atoms with van der Waals surface area (Å²) in [4.78, 5) is 6.07. The Kier molecular flexibility index (Phi) is 5.27. The Morgan fingerprint density at radius 3 is 2.96 bits per heavy atom. The summed E-state index contributed by atoms with van der Waals surface area (Å²) < 4.78 is 0. The number of amidine groups is 1. The minimum Gasteiger partial charge on any atom is -0.371 e. The minimum atomic E-state index is 0.483. The normalized spacial score (nSPS) is 20.2. The molecule has 0 bridgehead atoms. The van der Waals surface area contributed by atoms with Gasteiger partial charge in [-0.2, -0.15) is 0 Å². The lowest BCUT2D eigenvalue weighted by atomic mass is 10.00. The Balaban J connectivity index is 1.42. The lowest BCUT2D eigenvalue weighted by molar-refractivity contribution is 0.297. The molecule has 138 valence electrons. The van der Waals surface area contributed by atoms with Crippen molar-refractivity contribution >= 4 is 28.5 Å². The van der Waals surface area contributed by atoms with E-state index in [1.807, 2.05) is 17.5 Å². The van der Waals surface area contributed by atoms with Crippen LogP contribution >= 0.6 is 11.3 Å². The van der Waals surface area contributed by atoms with Crippen LogP contribution in [-0.4, -0.2) is 43.5 Å². The number of rotatable bonds is 5. The molecule has 1 atom stereocenters. The molecule has 2 aromatic rings. The number of thiophene rings is 1. The summed E-state index contributed by atoms with van der Waals surface area (Å²) in [6.45, 7) is 3.58. The van der Waals surface area contributed by atoms with Gasteiger partial charge in [0.2, 0.25) is 0 Å². The van der Waals surface area contributed by atoms with Crippen LogP contribution in [0.2, 0.25) is 0 Å². The molecule has 3 heterocycles. The zero-order valence-electron chi connectivity index (χ0n) is 15.5. The molecule has 1 aromatic carbocycles. The third kappa shape index (κ3) is 3.79. The largest absolute Gasteiger partial charge is 0.371 e. The van der Waals surface area contributed by atoms with Crippen LogP contribution in [0.3, 0.4) is 0 Å². The van der Waals surface area contributed by atoms with Gasteiger partial charge in [0, 0.05) is 30.5 Å². The molecule has 0 spiro atoms. The first-order chi connectivity index (χ1) is 12.7. The highest BCUT2D eigenvalue weighted by atomic mass is 32.1. The predicted octanol–water partition coefficient (Wildman–Crippen LogP) is 4.42. The summed E-state index contributed by atoms with van der Waals surface area (Å²) in [5.41, 5.74) is 3.84. The zero-order valence-corrected chi connectivity index (χ0v) is 16.3. The van der Waals surface area contributed by atoms with Crippen molar-refractivity contribution in [3.05, 3.63) is 46.2 Å². The lowest BCUT2D eigenvalue weighted by Crippen LogP contribution is -2.34. The first-order valence-corrected chi connectivity index (χ1v) is 10.6. The molecular weight excluding hydrogens is 340 g/mol. The van der Waals surface area contributed by atoms with Crippen LogP contribution in [-0.2, 0) is 6.42 Å². The maximum absolute atomic E-state index is 8.23. The van der Waals surface area contributed by atoms with E-state index in [-0.39, 0.29) is 0 Å². The van der Waals surface area contributed by atoms with E-state index >= 15 is 0 Å². The molecule has 4 rings (SSSR count). The molecule has 4 nitrogen and oxygen atoms in total. The van der Waals surface area contributed by atoms with Crippen LogP contribution in [0, 0.1) is 5.41 Å². The standard InChI is InChI=1S/C21H28N4S/c1-24-11-3-6-18(24)10-13-25-12-2-5-16-15-17(8-9-19(16)25)23-21(22)20-7-4-14-26-20/h4,7-9,14-15,18H,2-3,5-6,10-13H2,1H3,(H2,22,23). The third-order valence-electron chi connectivity index (χ3n) is 5.73. The topological polar surface area (TPSA) is 42.4 Å². The SMILES string of the molecule is CN1CCCC1CCN1CCCc2cc(NC(=N)c3cccs3)ccc21. The predicted molar refractivity (Wildman–Crippen MR) is 112 cm³/mol. The van der Waals surface area contributed by atoms with Gasteiger partial charge in [-0.25, -0.2) is 0 Å². The summed E-state index contributed by atoms with van der Waals surface area (Å²) >= 11 is 1.60. The summed E-state index contributed by atoms with van der Waals surface area (Å²) in [5, 5.41) is 13.5. The Labute approximate surface area is 160 Å². The lowest BCUT2D eigenvalue weighted by Gasteiger charge is -2.33. The Morgan fingerprint density at radius 1 is 1.27 bits per heavy atom. The fourth-order valence-corrected chi connectivity index (χ4v) is 4.89. The van der Waals surface area contributed by atoms with Crippen molar-refractivity contribution in [3.63, 3.8) is 0 Å². The smallest absolute Gasteiger partial charge is 0.140 e. The third-order valence-corrected chi connectivity index (χ3v) is 6.62. The first kappa shape index (κ1) is 17.6. The number of fused-ring (bicyclic) bond motifs is 1. The van der Waals surface area contributed by atoms with Gasteiger partial charge in [-0.1, -0.05) is 6.07 Å². The zero-order chi connectivity index (χ0) is 17.9. The van der Waals surface area contributed by atoms with E-state index in [0.29, 0.717) is 5.84 Å². The second-order valence-corrected chi connectivity index (χ2v) is 8.42. The molecule has 0 saturated carbocycles. The quantitative estimate of drug-likeness (QED) is 0.606. The van der Waals surface area contributed by atoms with E-state index in [2.05, 4.69) is 40.4 Å². The number of anilines is 2. The molecule has 1 fully saturated rings. The fourth-order valence-electron chi connectivity index (χ4n) is 4.26. The van der Waals surface area contributed by atoms with Crippen molar-refractivity contribution in [1.29, 1.82) is 5.41 Å². The second kappa shape index (κ2) is 7.80. The van der Waals surface area contributed by atoms with Crippen LogP contribution in [0.5, 0.6) is 0 Å². The van der Waals surface area contributed by atoms with Crippen LogP contribution in [0.1, 0.15) is 36.1 Å². The average molecular weight is 369 g/mol. The van der Waals surface area contributed by atoms with Crippen molar-refractivity contribution < 1.29 is 0 Å². The molecule has 1 saturated heterocycles. The number of nitrogens with one attached hydrogen (secondary N) is 2. The van der Waals surface area contributed by atoms with E-state index in [1.54, 1.807) is 11.3 Å². The van der Waals surface area contributed by atoms with Crippen molar-refractivity contribution in [2.24, 2.45) is 0 Å². The molecule has 2 aliphatic heterocycles. The van der Waals surface area contributed by atoms with E-state index in [1.165, 1.54) is 50.0 Å². The number of likely N-dealkylation sites (tertiary alicyclic amines) is 1. The number of hydrogen-bond donors (Lipinski definition) is 2. The number of hydrogen-bond acceptors (Lipinski definition) is 4. The Bertz CT molecular complexity index is 755. The van der Waals surface area contributed by atoms with Crippen molar-refractivity contribution in [2.45, 2.75) is 38.1 Å². The summed E-state index contributed by atoms with van der Waals surface area (Å²) in [7, 11) is 2.27. The van der Waals surface area contributed by atoms with Crippen LogP contribution in [0.4, 0.5) is 11.4 Å². The maximum Gasteiger partial charge on any atom is 0.140 e. The molecule has 0 amide bonds. The summed E-state index contributed by atoms with van der Waals surface area (Å²) in [6.07, 6.45) is 6.32. The van der Waals surface area contributed by atoms with Gasteiger partial charge in [-0.15, -0.1) is 11.3 Å². The number of benzene rings is 1. The number of aryl methyl sites for hydroxylation is 1. The highest BCUT2D eigenvalue weighted by Gasteiger charge is 2.23. The molecule has 1 unspecified atom stereocenters. The molecule has 26 heavy (non-hydrogen) atoms. The van der Waals surface area contributed by atoms with Crippen LogP contribution in [0.25, 0.3) is 0 Å². The van der Waals surface area contributed by atoms with Gasteiger partial charge in [0.05, 0.1) is 4.88 Å². The highest BCUT2D eigenvalue weighted by Crippen LogP contribution is 2.31. The summed E-state index contributed by atoms with van der Waals surface area (Å²) in [6, 6.07) is 11.3. The van der Waals surface area contributed by atoms with Crippen molar-refractivity contribution in [3.8, 4) is 0 Å². The van der Waals surface area contributed by atoms with E-state index in [9.17, 15) is 0 Å². The van der Waals surface area contributed by atoms with Gasteiger partial charge in [0.1, 0.15) is 5.84 Å². The van der Waals surface area contributed by atoms with E-state index < -0.39 is 0 Å². The van der Waals surface area contributed by atoms with Gasteiger partial charge in [-0.3, -0.25) is 5.41 Å². The number of nitrogens with zero attached hydrogens (tertiary/aromatic N) is 2. The van der Waals surface area contributed by atoms with E-state index in [0.717, 1.165) is 29.6 Å². The Hall–Kier alpha value is -1.85. The van der Waals surface area contributed by atoms with Crippen LogP contribution in [0.15, 0.2) is 35.7 Å². The van der Waals surface area contributed by atoms with Gasteiger partial charge in [-0.05, 0) is 80.9 Å². The van der Waals surface area contributed by atoms with Crippen LogP contribution < -0.4 is 10.2 Å². The summed E-state index contributed by atoms with van der Waals surface area (Å²) in [5.74, 6) is 0.483. The monoisotopic (exact) mass is 368 g/mol. The molecule has 0 aliphatic carbocycles. The van der Waals surface area contributed by atoms with Gasteiger partial charge < -0.3 is 15.1 Å². The highest BCUT2D eigenvalue weighted by molar-refractivity contribution is 7.12. The molecule has 2 aliphatic rings. The average Bonchev–Trinajstić information content (AvgIpc) is 3.31. The molecule has 1 aromatic heterocycles. The molecule has 0 radical (unpaired) electrons. The fraction of sp³-hybridized carbons (Fsp3) is 0.476. The van der Waals surface area contributed by atoms with Crippen molar-refractivity contribution in [1.82, 2.24) is 4.90 Å². The van der Waals surface area contributed by atoms with E-state index in [4.69, 9.17) is 5.41 Å². The van der Waals surface area contributed by atoms with Crippen molar-refractivity contribution in [2.75, 3.05) is 36.9 Å². The molecule has 2 N–H and O–H groups in total. The van der Waals surface area contributed by atoms with Gasteiger partial charge >= 0.3 is 0 Å². The Morgan fingerprint density at radius 2 is 2.19 bits per heavy atom. The molecular formula is C21H28N4S. The van der Waals surface area contributed by atoms with Gasteiger partial charge in [0.25, 0.3) is 0 Å². The molecule has 5 heteroatoms. The maximum atomic E-state index is 8.23. The first-order valence-electron chi connectivity index (χ1n) is 9.68. The minimum absolute atomic E-state index is 0.483. The van der Waals surface area contributed by atoms with Gasteiger partial charge in [0.15, 0.2) is 0 Å².